The zero-order chi connectivity index (χ0) is 22.3. The van der Waals surface area contributed by atoms with Gasteiger partial charge in [0, 0.05) is 17.2 Å². The third kappa shape index (κ3) is 9.29. The quantitative estimate of drug-likeness (QED) is 0.140. The number of ether oxygens (including phenoxy) is 2. The molecule has 4 nitrogen and oxygen atoms in total. The van der Waals surface area contributed by atoms with E-state index >= 15 is 0 Å². The highest BCUT2D eigenvalue weighted by atomic mass is 16.5. The molecule has 168 valence electrons. The zero-order valence-corrected chi connectivity index (χ0v) is 18.9. The second-order valence-electron chi connectivity index (χ2n) is 7.76. The van der Waals surface area contributed by atoms with Gasteiger partial charge in [-0.15, -0.1) is 0 Å². The fraction of sp³-hybridized carbons (Fsp3) is 0.444. The summed E-state index contributed by atoms with van der Waals surface area (Å²) in [6, 6.07) is 14.2. The Bertz CT molecular complexity index is 791. The summed E-state index contributed by atoms with van der Waals surface area (Å²) in [4.78, 5) is 12.5. The standard InChI is InChI=1S/C27H36O4/c1-3-5-7-9-19-30-24-15-11-22(12-16-24)26(28)21-27(29)23-13-17-25(18-14-23)31-20-10-8-6-4-2/h11-18,21,28H,3-10,19-20H2,1-2H3/b26-21-. The number of benzene rings is 2. The van der Waals surface area contributed by atoms with Crippen molar-refractivity contribution in [1.29, 1.82) is 0 Å². The van der Waals surface area contributed by atoms with Crippen molar-refractivity contribution in [3.05, 3.63) is 65.7 Å². The third-order valence-electron chi connectivity index (χ3n) is 5.09. The maximum absolute atomic E-state index is 12.5. The van der Waals surface area contributed by atoms with E-state index in [1.54, 1.807) is 36.4 Å². The number of unbranched alkanes of at least 4 members (excludes halogenated alkanes) is 6. The molecule has 0 spiro atoms. The van der Waals surface area contributed by atoms with Gasteiger partial charge in [-0.2, -0.15) is 0 Å². The summed E-state index contributed by atoms with van der Waals surface area (Å²) in [5, 5.41) is 10.3. The molecule has 1 N–H and O–H groups in total. The molecule has 0 heterocycles. The Morgan fingerprint density at radius 1 is 0.710 bits per heavy atom. The van der Waals surface area contributed by atoms with Gasteiger partial charge in [-0.3, -0.25) is 4.79 Å². The molecule has 2 rings (SSSR count). The molecule has 0 saturated carbocycles. The van der Waals surface area contributed by atoms with Gasteiger partial charge < -0.3 is 14.6 Å². The Hall–Kier alpha value is -2.75. The fourth-order valence-electron chi connectivity index (χ4n) is 3.17. The maximum Gasteiger partial charge on any atom is 0.189 e. The molecule has 0 aliphatic heterocycles. The van der Waals surface area contributed by atoms with Gasteiger partial charge in [-0.05, 0) is 61.4 Å². The molecule has 2 aromatic rings. The first kappa shape index (κ1) is 24.5. The molecule has 0 radical (unpaired) electrons. The highest BCUT2D eigenvalue weighted by Crippen LogP contribution is 2.19. The van der Waals surface area contributed by atoms with Gasteiger partial charge in [0.1, 0.15) is 17.3 Å². The van der Waals surface area contributed by atoms with Gasteiger partial charge in [-0.25, -0.2) is 0 Å². The van der Waals surface area contributed by atoms with Gasteiger partial charge in [0.2, 0.25) is 0 Å². The molecular weight excluding hydrogens is 388 g/mol. The largest absolute Gasteiger partial charge is 0.507 e. The lowest BCUT2D eigenvalue weighted by molar-refractivity contribution is 0.104. The Balaban J connectivity index is 1.84. The lowest BCUT2D eigenvalue weighted by atomic mass is 10.1. The molecule has 2 aromatic carbocycles. The number of ketones is 1. The average Bonchev–Trinajstić information content (AvgIpc) is 2.79. The summed E-state index contributed by atoms with van der Waals surface area (Å²) in [6.45, 7) is 5.75. The predicted molar refractivity (Wildman–Crippen MR) is 127 cm³/mol. The van der Waals surface area contributed by atoms with Crippen LogP contribution in [0.3, 0.4) is 0 Å². The molecule has 0 aromatic heterocycles. The van der Waals surface area contributed by atoms with Crippen LogP contribution < -0.4 is 9.47 Å². The maximum atomic E-state index is 12.5. The van der Waals surface area contributed by atoms with Crippen LogP contribution >= 0.6 is 0 Å². The van der Waals surface area contributed by atoms with Gasteiger partial charge >= 0.3 is 0 Å². The molecule has 0 bridgehead atoms. The van der Waals surface area contributed by atoms with Crippen LogP contribution in [0.1, 0.15) is 81.1 Å². The summed E-state index contributed by atoms with van der Waals surface area (Å²) in [5.74, 6) is 1.22. The normalized spacial score (nSPS) is 11.4. The summed E-state index contributed by atoms with van der Waals surface area (Å²) in [7, 11) is 0. The first-order valence-corrected chi connectivity index (χ1v) is 11.5. The highest BCUT2D eigenvalue weighted by Gasteiger charge is 2.07. The molecule has 0 atom stereocenters. The van der Waals surface area contributed by atoms with Gasteiger partial charge in [0.25, 0.3) is 0 Å². The van der Waals surface area contributed by atoms with E-state index in [4.69, 9.17) is 9.47 Å². The lowest BCUT2D eigenvalue weighted by Gasteiger charge is -2.07. The van der Waals surface area contributed by atoms with Crippen LogP contribution in [0, 0.1) is 0 Å². The summed E-state index contributed by atoms with van der Waals surface area (Å²) < 4.78 is 11.4. The first-order valence-electron chi connectivity index (χ1n) is 11.5. The number of carbonyl (C=O) groups is 1. The Labute approximate surface area is 186 Å². The van der Waals surface area contributed by atoms with E-state index < -0.39 is 0 Å². The van der Waals surface area contributed by atoms with Crippen LogP contribution in [0.25, 0.3) is 5.76 Å². The van der Waals surface area contributed by atoms with Crippen molar-refractivity contribution in [1.82, 2.24) is 0 Å². The molecule has 4 heteroatoms. The molecule has 0 amide bonds. The van der Waals surface area contributed by atoms with E-state index in [1.165, 1.54) is 44.6 Å². The van der Waals surface area contributed by atoms with Crippen LogP contribution in [0.4, 0.5) is 0 Å². The van der Waals surface area contributed by atoms with Gasteiger partial charge in [-0.1, -0.05) is 52.4 Å². The smallest absolute Gasteiger partial charge is 0.189 e. The van der Waals surface area contributed by atoms with Crippen LogP contribution in [0.2, 0.25) is 0 Å². The van der Waals surface area contributed by atoms with Crippen molar-refractivity contribution < 1.29 is 19.4 Å². The number of hydrogen-bond donors (Lipinski definition) is 1. The number of rotatable bonds is 15. The summed E-state index contributed by atoms with van der Waals surface area (Å²) in [6.07, 6.45) is 10.5. The van der Waals surface area contributed by atoms with Crippen LogP contribution in [-0.4, -0.2) is 24.1 Å². The Kier molecular flexibility index (Phi) is 11.3. The fourth-order valence-corrected chi connectivity index (χ4v) is 3.17. The number of aliphatic hydroxyl groups excluding tert-OH is 1. The van der Waals surface area contributed by atoms with Crippen molar-refractivity contribution in [3.8, 4) is 11.5 Å². The lowest BCUT2D eigenvalue weighted by Crippen LogP contribution is -2.00. The minimum Gasteiger partial charge on any atom is -0.507 e. The topological polar surface area (TPSA) is 55.8 Å². The molecule has 31 heavy (non-hydrogen) atoms. The number of hydrogen-bond acceptors (Lipinski definition) is 4. The van der Waals surface area contributed by atoms with E-state index in [0.29, 0.717) is 24.3 Å². The van der Waals surface area contributed by atoms with Crippen LogP contribution in [0.5, 0.6) is 11.5 Å². The molecular formula is C27H36O4. The first-order chi connectivity index (χ1) is 15.1. The molecule has 0 fully saturated rings. The van der Waals surface area contributed by atoms with E-state index in [1.807, 2.05) is 12.1 Å². The predicted octanol–water partition coefficient (Wildman–Crippen LogP) is 7.39. The summed E-state index contributed by atoms with van der Waals surface area (Å²) in [5.41, 5.74) is 1.09. The minimum atomic E-state index is -0.247. The van der Waals surface area contributed by atoms with Crippen molar-refractivity contribution in [3.63, 3.8) is 0 Å². The third-order valence-corrected chi connectivity index (χ3v) is 5.09. The monoisotopic (exact) mass is 424 g/mol. The Morgan fingerprint density at radius 2 is 1.16 bits per heavy atom. The zero-order valence-electron chi connectivity index (χ0n) is 18.9. The van der Waals surface area contributed by atoms with E-state index in [2.05, 4.69) is 13.8 Å². The van der Waals surface area contributed by atoms with E-state index in [0.717, 1.165) is 24.3 Å². The highest BCUT2D eigenvalue weighted by molar-refractivity contribution is 6.07. The van der Waals surface area contributed by atoms with Crippen LogP contribution in [-0.2, 0) is 0 Å². The number of carbonyl (C=O) groups excluding carboxylic acids is 1. The molecule has 0 aliphatic carbocycles. The minimum absolute atomic E-state index is 0.0595. The van der Waals surface area contributed by atoms with E-state index in [9.17, 15) is 9.90 Å². The number of aliphatic hydroxyl groups is 1. The van der Waals surface area contributed by atoms with E-state index in [-0.39, 0.29) is 11.5 Å². The van der Waals surface area contributed by atoms with Gasteiger partial charge in [0.15, 0.2) is 5.78 Å². The van der Waals surface area contributed by atoms with Crippen molar-refractivity contribution in [2.45, 2.75) is 65.2 Å². The SMILES string of the molecule is CCCCCCOc1ccc(C(=O)/C=C(\O)c2ccc(OCCCCCC)cc2)cc1. The molecule has 0 saturated heterocycles. The van der Waals surface area contributed by atoms with Crippen LogP contribution in [0.15, 0.2) is 54.6 Å². The Morgan fingerprint density at radius 3 is 1.61 bits per heavy atom. The van der Waals surface area contributed by atoms with Crippen molar-refractivity contribution in [2.24, 2.45) is 0 Å². The second kappa shape index (κ2) is 14.3. The molecule has 0 unspecified atom stereocenters. The second-order valence-corrected chi connectivity index (χ2v) is 7.76. The summed E-state index contributed by atoms with van der Waals surface area (Å²) >= 11 is 0. The van der Waals surface area contributed by atoms with Crippen molar-refractivity contribution in [2.75, 3.05) is 13.2 Å². The van der Waals surface area contributed by atoms with Crippen molar-refractivity contribution >= 4 is 11.5 Å². The van der Waals surface area contributed by atoms with Gasteiger partial charge in [0.05, 0.1) is 13.2 Å². The average molecular weight is 425 g/mol. The number of allylic oxidation sites excluding steroid dienone is 1. The molecule has 0 aliphatic rings.